The third kappa shape index (κ3) is 5.03. The Hall–Kier alpha value is -1.35. The van der Waals surface area contributed by atoms with Gasteiger partial charge in [0, 0.05) is 12.1 Å². The molecule has 0 heterocycles. The van der Waals surface area contributed by atoms with E-state index in [9.17, 15) is 9.90 Å². The largest absolute Gasteiger partial charge is 0.393 e. The zero-order valence-corrected chi connectivity index (χ0v) is 12.6. The first kappa shape index (κ1) is 15.7. The van der Waals surface area contributed by atoms with Gasteiger partial charge < -0.3 is 10.4 Å². The van der Waals surface area contributed by atoms with E-state index in [1.165, 1.54) is 0 Å². The summed E-state index contributed by atoms with van der Waals surface area (Å²) in [5, 5.41) is 12.8. The molecule has 0 fully saturated rings. The second kappa shape index (κ2) is 6.20. The average molecular weight is 263 g/mol. The Morgan fingerprint density at radius 2 is 1.74 bits per heavy atom. The highest BCUT2D eigenvalue weighted by molar-refractivity contribution is 5.94. The number of aliphatic hydroxyl groups excluding tert-OH is 1. The van der Waals surface area contributed by atoms with Crippen LogP contribution < -0.4 is 5.32 Å². The molecule has 1 unspecified atom stereocenters. The highest BCUT2D eigenvalue weighted by atomic mass is 16.3. The first-order valence-corrected chi connectivity index (χ1v) is 6.74. The summed E-state index contributed by atoms with van der Waals surface area (Å²) in [4.78, 5) is 12.0. The van der Waals surface area contributed by atoms with Gasteiger partial charge in [0.1, 0.15) is 0 Å². The van der Waals surface area contributed by atoms with Crippen molar-refractivity contribution < 1.29 is 9.90 Å². The number of benzene rings is 1. The minimum absolute atomic E-state index is 0.0760. The van der Waals surface area contributed by atoms with E-state index in [4.69, 9.17) is 0 Å². The van der Waals surface area contributed by atoms with Crippen molar-refractivity contribution in [2.45, 2.75) is 47.1 Å². The Kier molecular flexibility index (Phi) is 5.12. The minimum Gasteiger partial charge on any atom is -0.393 e. The van der Waals surface area contributed by atoms with Crippen LogP contribution in [-0.2, 0) is 0 Å². The van der Waals surface area contributed by atoms with E-state index in [-0.39, 0.29) is 11.3 Å². The molecule has 3 nitrogen and oxygen atoms in total. The topological polar surface area (TPSA) is 49.3 Å². The SMILES string of the molecule is Cc1cc(C)cc(C(=O)NCCC(O)C(C)(C)C)c1. The lowest BCUT2D eigenvalue weighted by molar-refractivity contribution is 0.0551. The molecule has 1 rings (SSSR count). The van der Waals surface area contributed by atoms with Gasteiger partial charge in [-0.3, -0.25) is 4.79 Å². The molecule has 0 aliphatic rings. The maximum Gasteiger partial charge on any atom is 0.251 e. The number of rotatable bonds is 4. The minimum atomic E-state index is -0.410. The van der Waals surface area contributed by atoms with Gasteiger partial charge in [0.25, 0.3) is 5.91 Å². The summed E-state index contributed by atoms with van der Waals surface area (Å²) in [6, 6.07) is 5.80. The molecule has 0 spiro atoms. The highest BCUT2D eigenvalue weighted by Crippen LogP contribution is 2.21. The van der Waals surface area contributed by atoms with Crippen LogP contribution in [0.15, 0.2) is 18.2 Å². The summed E-state index contributed by atoms with van der Waals surface area (Å²) in [6.45, 7) is 10.4. The van der Waals surface area contributed by atoms with Crippen molar-refractivity contribution in [1.29, 1.82) is 0 Å². The van der Waals surface area contributed by atoms with E-state index in [2.05, 4.69) is 5.32 Å². The molecule has 0 aromatic heterocycles. The number of aryl methyl sites for hydroxylation is 2. The molecule has 0 aliphatic heterocycles. The third-order valence-electron chi connectivity index (χ3n) is 3.19. The fourth-order valence-electron chi connectivity index (χ4n) is 1.96. The van der Waals surface area contributed by atoms with Crippen LogP contribution >= 0.6 is 0 Å². The number of nitrogens with one attached hydrogen (secondary N) is 1. The number of hydrogen-bond donors (Lipinski definition) is 2. The van der Waals surface area contributed by atoms with Gasteiger partial charge in [-0.05, 0) is 37.8 Å². The summed E-state index contributed by atoms with van der Waals surface area (Å²) < 4.78 is 0. The van der Waals surface area contributed by atoms with Crippen LogP contribution in [0.2, 0.25) is 0 Å². The van der Waals surface area contributed by atoms with E-state index in [0.717, 1.165) is 11.1 Å². The molecule has 19 heavy (non-hydrogen) atoms. The predicted molar refractivity (Wildman–Crippen MR) is 78.3 cm³/mol. The molecular formula is C16H25NO2. The Balaban J connectivity index is 2.52. The smallest absolute Gasteiger partial charge is 0.251 e. The van der Waals surface area contributed by atoms with Gasteiger partial charge in [-0.15, -0.1) is 0 Å². The molecule has 0 aliphatic carbocycles. The summed E-state index contributed by atoms with van der Waals surface area (Å²) in [5.41, 5.74) is 2.70. The van der Waals surface area contributed by atoms with Crippen molar-refractivity contribution in [2.75, 3.05) is 6.54 Å². The van der Waals surface area contributed by atoms with Crippen LogP contribution in [0.3, 0.4) is 0 Å². The molecule has 0 bridgehead atoms. The standard InChI is InChI=1S/C16H25NO2/c1-11-8-12(2)10-13(9-11)15(19)17-7-6-14(18)16(3,4)5/h8-10,14,18H,6-7H2,1-5H3,(H,17,19). The molecule has 1 aromatic carbocycles. The Morgan fingerprint density at radius 1 is 1.21 bits per heavy atom. The zero-order valence-electron chi connectivity index (χ0n) is 12.6. The molecule has 2 N–H and O–H groups in total. The summed E-state index contributed by atoms with van der Waals surface area (Å²) in [7, 11) is 0. The molecule has 0 radical (unpaired) electrons. The van der Waals surface area contributed by atoms with E-state index < -0.39 is 6.10 Å². The van der Waals surface area contributed by atoms with E-state index in [0.29, 0.717) is 18.5 Å². The van der Waals surface area contributed by atoms with Crippen LogP contribution in [0, 0.1) is 19.3 Å². The van der Waals surface area contributed by atoms with Crippen molar-refractivity contribution in [3.05, 3.63) is 34.9 Å². The number of aliphatic hydroxyl groups is 1. The molecule has 1 aromatic rings. The number of carbonyl (C=O) groups is 1. The molecule has 106 valence electrons. The van der Waals surface area contributed by atoms with Crippen LogP contribution in [0.5, 0.6) is 0 Å². The van der Waals surface area contributed by atoms with Crippen molar-refractivity contribution in [1.82, 2.24) is 5.32 Å². The predicted octanol–water partition coefficient (Wildman–Crippen LogP) is 2.83. The number of amides is 1. The second-order valence-corrected chi connectivity index (χ2v) is 6.30. The maximum absolute atomic E-state index is 12.0. The normalized spacial score (nSPS) is 13.2. The van der Waals surface area contributed by atoms with E-state index in [1.54, 1.807) is 0 Å². The molecule has 1 atom stereocenters. The number of hydrogen-bond acceptors (Lipinski definition) is 2. The maximum atomic E-state index is 12.0. The Bertz CT molecular complexity index is 426. The van der Waals surface area contributed by atoms with Gasteiger partial charge in [-0.2, -0.15) is 0 Å². The van der Waals surface area contributed by atoms with Crippen LogP contribution in [0.4, 0.5) is 0 Å². The molecule has 0 saturated heterocycles. The highest BCUT2D eigenvalue weighted by Gasteiger charge is 2.21. The van der Waals surface area contributed by atoms with Crippen LogP contribution in [0.1, 0.15) is 48.7 Å². The molecular weight excluding hydrogens is 238 g/mol. The molecule has 3 heteroatoms. The van der Waals surface area contributed by atoms with Crippen molar-refractivity contribution in [2.24, 2.45) is 5.41 Å². The van der Waals surface area contributed by atoms with Gasteiger partial charge in [0.2, 0.25) is 0 Å². The van der Waals surface area contributed by atoms with Crippen molar-refractivity contribution >= 4 is 5.91 Å². The Labute approximate surface area is 116 Å². The van der Waals surface area contributed by atoms with Gasteiger partial charge in [0.05, 0.1) is 6.10 Å². The summed E-state index contributed by atoms with van der Waals surface area (Å²) in [5.74, 6) is -0.0760. The lowest BCUT2D eigenvalue weighted by atomic mass is 9.87. The van der Waals surface area contributed by atoms with Crippen molar-refractivity contribution in [3.63, 3.8) is 0 Å². The molecule has 1 amide bonds. The van der Waals surface area contributed by atoms with Gasteiger partial charge in [-0.25, -0.2) is 0 Å². The van der Waals surface area contributed by atoms with Gasteiger partial charge in [-0.1, -0.05) is 38.0 Å². The third-order valence-corrected chi connectivity index (χ3v) is 3.19. The summed E-state index contributed by atoms with van der Waals surface area (Å²) in [6.07, 6.45) is 0.159. The average Bonchev–Trinajstić information content (AvgIpc) is 2.26. The van der Waals surface area contributed by atoms with E-state index in [1.807, 2.05) is 52.8 Å². The molecule has 0 saturated carbocycles. The monoisotopic (exact) mass is 263 g/mol. The quantitative estimate of drug-likeness (QED) is 0.877. The second-order valence-electron chi connectivity index (χ2n) is 6.30. The fraction of sp³-hybridized carbons (Fsp3) is 0.562. The summed E-state index contributed by atoms with van der Waals surface area (Å²) >= 11 is 0. The first-order chi connectivity index (χ1) is 8.70. The zero-order chi connectivity index (χ0) is 14.6. The van der Waals surface area contributed by atoms with E-state index >= 15 is 0 Å². The Morgan fingerprint density at radius 3 is 2.21 bits per heavy atom. The van der Waals surface area contributed by atoms with Crippen LogP contribution in [-0.4, -0.2) is 23.7 Å². The van der Waals surface area contributed by atoms with Gasteiger partial charge in [0.15, 0.2) is 0 Å². The van der Waals surface area contributed by atoms with Gasteiger partial charge >= 0.3 is 0 Å². The number of carbonyl (C=O) groups excluding carboxylic acids is 1. The van der Waals surface area contributed by atoms with Crippen LogP contribution in [0.25, 0.3) is 0 Å². The van der Waals surface area contributed by atoms with Crippen molar-refractivity contribution in [3.8, 4) is 0 Å². The first-order valence-electron chi connectivity index (χ1n) is 6.74. The lowest BCUT2D eigenvalue weighted by Crippen LogP contribution is -2.32. The lowest BCUT2D eigenvalue weighted by Gasteiger charge is -2.25. The fourth-order valence-corrected chi connectivity index (χ4v) is 1.96.